The maximum absolute atomic E-state index is 12.6. The number of rotatable bonds is 8. The number of carbonyl (C=O) groups is 4. The summed E-state index contributed by atoms with van der Waals surface area (Å²) in [6.07, 6.45) is 0.617. The number of carbonyl (C=O) groups excluding carboxylic acids is 4. The number of hydrazine groups is 2. The van der Waals surface area contributed by atoms with Crippen LogP contribution in [0.15, 0.2) is 84.9 Å². The highest BCUT2D eigenvalue weighted by Crippen LogP contribution is 2.20. The SMILES string of the molecule is CCn1c(C)nc2cc(C(=O)NNC(=O)Nc3ccc(Cc4ccc(NC(=O)NNC(=O)c5ccc6c(c5)nc(C)n6CC)cc4)cc3)ccc21. The van der Waals surface area contributed by atoms with Crippen molar-refractivity contribution in [3.05, 3.63) is 119 Å². The van der Waals surface area contributed by atoms with Gasteiger partial charge in [0.1, 0.15) is 11.6 Å². The summed E-state index contributed by atoms with van der Waals surface area (Å²) in [7, 11) is 0. The number of amides is 6. The Balaban J connectivity index is 0.935. The smallest absolute Gasteiger partial charge is 0.329 e. The number of urea groups is 2. The minimum absolute atomic E-state index is 0.379. The Morgan fingerprint density at radius 2 is 0.941 bits per heavy atom. The van der Waals surface area contributed by atoms with Crippen molar-refractivity contribution >= 4 is 57.3 Å². The van der Waals surface area contributed by atoms with Gasteiger partial charge >= 0.3 is 12.1 Å². The summed E-state index contributed by atoms with van der Waals surface area (Å²) in [6.45, 7) is 9.46. The van der Waals surface area contributed by atoms with E-state index in [4.69, 9.17) is 0 Å². The van der Waals surface area contributed by atoms with E-state index in [9.17, 15) is 19.2 Å². The standard InChI is InChI=1S/C37H38N10O4/c1-5-46-22(3)38-30-20-26(11-17-32(30)46)34(48)42-44-36(50)40-28-13-7-24(8-14-28)19-25-9-15-29(16-10-25)41-37(51)45-43-35(49)27-12-18-33-31(21-27)39-23(4)47(33)6-2/h7-18,20-21H,5-6,19H2,1-4H3,(H,42,48)(H,43,49)(H2,40,44,50)(H2,41,45,51). The third-order valence-corrected chi connectivity index (χ3v) is 8.45. The van der Waals surface area contributed by atoms with Crippen molar-refractivity contribution in [1.29, 1.82) is 0 Å². The van der Waals surface area contributed by atoms with Crippen molar-refractivity contribution in [1.82, 2.24) is 40.8 Å². The van der Waals surface area contributed by atoms with Gasteiger partial charge in [0.2, 0.25) is 0 Å². The summed E-state index contributed by atoms with van der Waals surface area (Å²) in [5, 5.41) is 5.39. The van der Waals surface area contributed by atoms with Crippen LogP contribution in [0.2, 0.25) is 0 Å². The van der Waals surface area contributed by atoms with Crippen LogP contribution in [0.4, 0.5) is 21.0 Å². The molecule has 0 spiro atoms. The number of aromatic nitrogens is 4. The van der Waals surface area contributed by atoms with Crippen molar-refractivity contribution < 1.29 is 19.2 Å². The van der Waals surface area contributed by atoms with Crippen LogP contribution in [0.5, 0.6) is 0 Å². The molecule has 0 saturated heterocycles. The molecule has 6 amide bonds. The maximum atomic E-state index is 12.6. The summed E-state index contributed by atoms with van der Waals surface area (Å²) < 4.78 is 4.12. The van der Waals surface area contributed by atoms with E-state index in [1.165, 1.54) is 0 Å². The molecular formula is C37H38N10O4. The van der Waals surface area contributed by atoms with E-state index in [1.807, 2.05) is 64.1 Å². The fraction of sp³-hybridized carbons (Fsp3) is 0.189. The third kappa shape index (κ3) is 7.80. The second kappa shape index (κ2) is 14.8. The Morgan fingerprint density at radius 1 is 0.549 bits per heavy atom. The molecule has 260 valence electrons. The van der Waals surface area contributed by atoms with E-state index in [0.717, 1.165) is 46.9 Å². The summed E-state index contributed by atoms with van der Waals surface area (Å²) >= 11 is 0. The Morgan fingerprint density at radius 3 is 1.31 bits per heavy atom. The summed E-state index contributed by atoms with van der Waals surface area (Å²) in [4.78, 5) is 59.1. The van der Waals surface area contributed by atoms with Crippen molar-refractivity contribution in [2.24, 2.45) is 0 Å². The van der Waals surface area contributed by atoms with Crippen molar-refractivity contribution in [2.75, 3.05) is 10.6 Å². The topological polar surface area (TPSA) is 176 Å². The second-order valence-electron chi connectivity index (χ2n) is 11.9. The predicted molar refractivity (Wildman–Crippen MR) is 195 cm³/mol. The lowest BCUT2D eigenvalue weighted by Crippen LogP contribution is -2.43. The Hall–Kier alpha value is -6.70. The molecule has 0 aliphatic rings. The molecule has 14 nitrogen and oxygen atoms in total. The summed E-state index contributed by atoms with van der Waals surface area (Å²) in [5.74, 6) is 0.819. The van der Waals surface area contributed by atoms with E-state index in [-0.39, 0.29) is 0 Å². The number of benzene rings is 4. The molecule has 0 radical (unpaired) electrons. The minimum atomic E-state index is -0.591. The molecule has 51 heavy (non-hydrogen) atoms. The maximum Gasteiger partial charge on any atom is 0.337 e. The Labute approximate surface area is 293 Å². The van der Waals surface area contributed by atoms with E-state index >= 15 is 0 Å². The zero-order chi connectivity index (χ0) is 36.1. The number of anilines is 2. The van der Waals surface area contributed by atoms with E-state index in [2.05, 4.69) is 51.4 Å². The quantitative estimate of drug-likeness (QED) is 0.114. The fourth-order valence-corrected chi connectivity index (χ4v) is 5.92. The van der Waals surface area contributed by atoms with Crippen molar-refractivity contribution in [3.63, 3.8) is 0 Å². The number of hydrogen-bond acceptors (Lipinski definition) is 6. The van der Waals surface area contributed by atoms with Gasteiger partial charge in [0.25, 0.3) is 11.8 Å². The normalized spacial score (nSPS) is 10.9. The number of hydrogen-bond donors (Lipinski definition) is 6. The lowest BCUT2D eigenvalue weighted by molar-refractivity contribution is 0.0931. The highest BCUT2D eigenvalue weighted by atomic mass is 16.2. The zero-order valence-corrected chi connectivity index (χ0v) is 28.6. The number of imidazole rings is 2. The van der Waals surface area contributed by atoms with E-state index in [0.29, 0.717) is 40.0 Å². The van der Waals surface area contributed by atoms with Crippen LogP contribution < -0.4 is 32.3 Å². The molecule has 0 aliphatic heterocycles. The largest absolute Gasteiger partial charge is 0.337 e. The average Bonchev–Trinajstić information content (AvgIpc) is 3.63. The first kappa shape index (κ1) is 34.2. The highest BCUT2D eigenvalue weighted by molar-refractivity contribution is 6.00. The molecule has 6 aromatic rings. The van der Waals surface area contributed by atoms with Gasteiger partial charge in [-0.1, -0.05) is 24.3 Å². The predicted octanol–water partition coefficient (Wildman–Crippen LogP) is 5.57. The number of nitrogens with zero attached hydrogens (tertiary/aromatic N) is 4. The summed E-state index contributed by atoms with van der Waals surface area (Å²) in [5.41, 5.74) is 16.8. The lowest BCUT2D eigenvalue weighted by atomic mass is 10.0. The molecule has 0 atom stereocenters. The second-order valence-corrected chi connectivity index (χ2v) is 11.9. The van der Waals surface area contributed by atoms with Gasteiger partial charge in [-0.15, -0.1) is 0 Å². The van der Waals surface area contributed by atoms with Crippen molar-refractivity contribution in [3.8, 4) is 0 Å². The van der Waals surface area contributed by atoms with Crippen LogP contribution in [0, 0.1) is 13.8 Å². The van der Waals surface area contributed by atoms with Crippen LogP contribution in [-0.4, -0.2) is 43.0 Å². The van der Waals surface area contributed by atoms with Crippen LogP contribution in [0.3, 0.4) is 0 Å². The van der Waals surface area contributed by atoms with Crippen molar-refractivity contribution in [2.45, 2.75) is 47.2 Å². The zero-order valence-electron chi connectivity index (χ0n) is 28.6. The van der Waals surface area contributed by atoms with Gasteiger partial charge in [0, 0.05) is 35.6 Å². The number of aryl methyl sites for hydroxylation is 4. The first-order valence-electron chi connectivity index (χ1n) is 16.5. The minimum Gasteiger partial charge on any atom is -0.329 e. The molecule has 4 aromatic carbocycles. The van der Waals surface area contributed by atoms with Gasteiger partial charge in [0.05, 0.1) is 22.1 Å². The number of fused-ring (bicyclic) bond motifs is 2. The van der Waals surface area contributed by atoms with Crippen LogP contribution in [0.25, 0.3) is 22.1 Å². The molecule has 0 fully saturated rings. The molecule has 6 N–H and O–H groups in total. The molecular weight excluding hydrogens is 648 g/mol. The van der Waals surface area contributed by atoms with Gasteiger partial charge in [-0.3, -0.25) is 20.4 Å². The van der Waals surface area contributed by atoms with Crippen LogP contribution >= 0.6 is 0 Å². The lowest BCUT2D eigenvalue weighted by Gasteiger charge is -2.11. The van der Waals surface area contributed by atoms with Gasteiger partial charge in [-0.2, -0.15) is 0 Å². The molecule has 0 bridgehead atoms. The third-order valence-electron chi connectivity index (χ3n) is 8.45. The Bertz CT molecular complexity index is 2100. The number of nitrogens with one attached hydrogen (secondary N) is 6. The van der Waals surface area contributed by atoms with Gasteiger partial charge < -0.3 is 19.8 Å². The Kier molecular flexibility index (Phi) is 9.93. The van der Waals surface area contributed by atoms with E-state index in [1.54, 1.807) is 48.5 Å². The van der Waals surface area contributed by atoms with Crippen LogP contribution in [0.1, 0.15) is 57.3 Å². The monoisotopic (exact) mass is 686 g/mol. The molecule has 0 aliphatic carbocycles. The molecule has 2 heterocycles. The van der Waals surface area contributed by atoms with Gasteiger partial charge in [-0.05, 0) is 106 Å². The van der Waals surface area contributed by atoms with Gasteiger partial charge in [0.15, 0.2) is 0 Å². The van der Waals surface area contributed by atoms with E-state index < -0.39 is 23.9 Å². The summed E-state index contributed by atoms with van der Waals surface area (Å²) in [6, 6.07) is 23.9. The first-order valence-corrected chi connectivity index (χ1v) is 16.5. The molecule has 14 heteroatoms. The molecule has 0 unspecified atom stereocenters. The molecule has 6 rings (SSSR count). The molecule has 0 saturated carbocycles. The average molecular weight is 687 g/mol. The van der Waals surface area contributed by atoms with Gasteiger partial charge in [-0.25, -0.2) is 30.4 Å². The fourth-order valence-electron chi connectivity index (χ4n) is 5.92. The molecule has 2 aromatic heterocycles. The first-order chi connectivity index (χ1) is 24.6. The van der Waals surface area contributed by atoms with Crippen LogP contribution in [-0.2, 0) is 19.5 Å². The highest BCUT2D eigenvalue weighted by Gasteiger charge is 2.14.